The SMILES string of the molecule is CC(C)NC(=O)[C@H](C)N1CC[C@H](N(CC(N)=O)S(=O)(=O)c2ccc3cc(Cl)ccc3c2)C1=O. The van der Waals surface area contributed by atoms with Gasteiger partial charge in [-0.1, -0.05) is 23.7 Å². The highest BCUT2D eigenvalue weighted by atomic mass is 35.5. The normalized spacial score (nSPS) is 17.7. The Morgan fingerprint density at radius 3 is 2.45 bits per heavy atom. The maximum atomic E-state index is 13.5. The number of carbonyl (C=O) groups is 3. The van der Waals surface area contributed by atoms with Crippen LogP contribution >= 0.6 is 11.6 Å². The second-order valence-electron chi connectivity index (χ2n) is 8.35. The molecule has 2 atom stereocenters. The number of carbonyl (C=O) groups excluding carboxylic acids is 3. The minimum Gasteiger partial charge on any atom is -0.369 e. The first-order chi connectivity index (χ1) is 15.4. The standard InChI is InChI=1S/C22H27ClN4O5S/c1-13(2)25-21(29)14(3)26-9-8-19(22(26)30)27(12-20(24)28)33(31,32)18-7-5-15-10-17(23)6-4-16(15)11-18/h4-7,10-11,13-14,19H,8-9,12H2,1-3H3,(H2,24,28)(H,25,29)/t14-,19-/m0/s1. The molecule has 1 aliphatic heterocycles. The average Bonchev–Trinajstić information content (AvgIpc) is 3.11. The summed E-state index contributed by atoms with van der Waals surface area (Å²) in [4.78, 5) is 38.6. The van der Waals surface area contributed by atoms with Crippen molar-refractivity contribution in [2.75, 3.05) is 13.1 Å². The Morgan fingerprint density at radius 2 is 1.82 bits per heavy atom. The number of rotatable bonds is 8. The first kappa shape index (κ1) is 24.9. The van der Waals surface area contributed by atoms with Crippen LogP contribution in [0.4, 0.5) is 0 Å². The maximum absolute atomic E-state index is 13.5. The van der Waals surface area contributed by atoms with Crippen molar-refractivity contribution in [1.29, 1.82) is 0 Å². The number of halogens is 1. The summed E-state index contributed by atoms with van der Waals surface area (Å²) >= 11 is 6.00. The Balaban J connectivity index is 1.93. The number of benzene rings is 2. The lowest BCUT2D eigenvalue weighted by Gasteiger charge is -2.28. The molecule has 178 valence electrons. The first-order valence-corrected chi connectivity index (χ1v) is 12.3. The van der Waals surface area contributed by atoms with Crippen LogP contribution in [0, 0.1) is 0 Å². The molecule has 0 saturated carbocycles. The molecule has 0 bridgehead atoms. The third kappa shape index (κ3) is 5.29. The number of nitrogens with zero attached hydrogens (tertiary/aromatic N) is 2. The van der Waals surface area contributed by atoms with E-state index in [4.69, 9.17) is 17.3 Å². The predicted molar refractivity (Wildman–Crippen MR) is 125 cm³/mol. The van der Waals surface area contributed by atoms with Crippen molar-refractivity contribution in [2.45, 2.75) is 50.2 Å². The van der Waals surface area contributed by atoms with E-state index < -0.39 is 40.5 Å². The quantitative estimate of drug-likeness (QED) is 0.574. The van der Waals surface area contributed by atoms with Gasteiger partial charge in [-0.15, -0.1) is 0 Å². The van der Waals surface area contributed by atoms with E-state index in [2.05, 4.69) is 5.32 Å². The summed E-state index contributed by atoms with van der Waals surface area (Å²) in [5.74, 6) is -1.77. The van der Waals surface area contributed by atoms with Gasteiger partial charge in [0, 0.05) is 17.6 Å². The smallest absolute Gasteiger partial charge is 0.244 e. The fraction of sp³-hybridized carbons (Fsp3) is 0.409. The fourth-order valence-electron chi connectivity index (χ4n) is 3.89. The van der Waals surface area contributed by atoms with Crippen molar-refractivity contribution < 1.29 is 22.8 Å². The van der Waals surface area contributed by atoms with Crippen LogP contribution < -0.4 is 11.1 Å². The van der Waals surface area contributed by atoms with E-state index >= 15 is 0 Å². The fourth-order valence-corrected chi connectivity index (χ4v) is 5.69. The number of amides is 3. The van der Waals surface area contributed by atoms with Gasteiger partial charge in [-0.25, -0.2) is 8.42 Å². The van der Waals surface area contributed by atoms with Gasteiger partial charge in [0.25, 0.3) is 0 Å². The van der Waals surface area contributed by atoms with Crippen LogP contribution in [0.15, 0.2) is 41.3 Å². The van der Waals surface area contributed by atoms with Crippen LogP contribution in [-0.4, -0.2) is 66.6 Å². The van der Waals surface area contributed by atoms with Gasteiger partial charge in [0.1, 0.15) is 12.1 Å². The molecule has 33 heavy (non-hydrogen) atoms. The number of primary amides is 1. The molecule has 1 heterocycles. The molecular weight excluding hydrogens is 468 g/mol. The highest BCUT2D eigenvalue weighted by Gasteiger charge is 2.45. The Morgan fingerprint density at radius 1 is 1.18 bits per heavy atom. The number of nitrogens with one attached hydrogen (secondary N) is 1. The van der Waals surface area contributed by atoms with Gasteiger partial charge in [0.15, 0.2) is 0 Å². The molecule has 0 unspecified atom stereocenters. The molecule has 0 aromatic heterocycles. The van der Waals surface area contributed by atoms with Crippen molar-refractivity contribution in [1.82, 2.24) is 14.5 Å². The lowest BCUT2D eigenvalue weighted by atomic mass is 10.1. The lowest BCUT2D eigenvalue weighted by molar-refractivity contribution is -0.139. The number of likely N-dealkylation sites (tertiary alicyclic amines) is 1. The van der Waals surface area contributed by atoms with Gasteiger partial charge < -0.3 is 16.0 Å². The highest BCUT2D eigenvalue weighted by Crippen LogP contribution is 2.28. The number of sulfonamides is 1. The molecular formula is C22H27ClN4O5S. The van der Waals surface area contributed by atoms with Crippen molar-refractivity contribution in [3.63, 3.8) is 0 Å². The van der Waals surface area contributed by atoms with Crippen LogP contribution in [0.3, 0.4) is 0 Å². The molecule has 3 N–H and O–H groups in total. The van der Waals surface area contributed by atoms with Crippen molar-refractivity contribution in [3.8, 4) is 0 Å². The van der Waals surface area contributed by atoms with Gasteiger partial charge in [-0.2, -0.15) is 4.31 Å². The molecule has 0 aliphatic carbocycles. The summed E-state index contributed by atoms with van der Waals surface area (Å²) in [6.45, 7) is 4.71. The number of fused-ring (bicyclic) bond motifs is 1. The largest absolute Gasteiger partial charge is 0.369 e. The molecule has 2 aromatic carbocycles. The van der Waals surface area contributed by atoms with Gasteiger partial charge in [-0.3, -0.25) is 14.4 Å². The Labute approximate surface area is 197 Å². The Bertz CT molecular complexity index is 1200. The molecule has 9 nitrogen and oxygen atoms in total. The summed E-state index contributed by atoms with van der Waals surface area (Å²) in [6.07, 6.45) is 0.133. The van der Waals surface area contributed by atoms with Crippen LogP contribution in [-0.2, 0) is 24.4 Å². The summed E-state index contributed by atoms with van der Waals surface area (Å²) in [6, 6.07) is 7.47. The average molecular weight is 495 g/mol. The van der Waals surface area contributed by atoms with Crippen molar-refractivity contribution in [2.24, 2.45) is 5.73 Å². The summed E-state index contributed by atoms with van der Waals surface area (Å²) in [5.41, 5.74) is 5.34. The van der Waals surface area contributed by atoms with Crippen LogP contribution in [0.5, 0.6) is 0 Å². The molecule has 2 aromatic rings. The lowest BCUT2D eigenvalue weighted by Crippen LogP contribution is -2.52. The molecule has 1 saturated heterocycles. The molecule has 1 aliphatic rings. The highest BCUT2D eigenvalue weighted by molar-refractivity contribution is 7.89. The summed E-state index contributed by atoms with van der Waals surface area (Å²) in [7, 11) is -4.25. The third-order valence-corrected chi connectivity index (χ3v) is 7.61. The second kappa shape index (κ2) is 9.66. The number of hydrogen-bond donors (Lipinski definition) is 2. The maximum Gasteiger partial charge on any atom is 0.244 e. The Kier molecular flexibility index (Phi) is 7.30. The van der Waals surface area contributed by atoms with E-state index in [-0.39, 0.29) is 29.8 Å². The van der Waals surface area contributed by atoms with Crippen molar-refractivity contribution in [3.05, 3.63) is 41.4 Å². The van der Waals surface area contributed by atoms with Crippen LogP contribution in [0.1, 0.15) is 27.2 Å². The number of hydrogen-bond acceptors (Lipinski definition) is 5. The van der Waals surface area contributed by atoms with E-state index in [0.29, 0.717) is 10.4 Å². The van der Waals surface area contributed by atoms with E-state index in [1.807, 2.05) is 0 Å². The minimum absolute atomic E-state index is 0.0737. The molecule has 3 amide bonds. The zero-order valence-electron chi connectivity index (χ0n) is 18.6. The number of nitrogens with two attached hydrogens (primary N) is 1. The van der Waals surface area contributed by atoms with Crippen LogP contribution in [0.2, 0.25) is 5.02 Å². The zero-order chi connectivity index (χ0) is 24.5. The molecule has 11 heteroatoms. The Hall–Kier alpha value is -2.69. The van der Waals surface area contributed by atoms with E-state index in [9.17, 15) is 22.8 Å². The molecule has 1 fully saturated rings. The van der Waals surface area contributed by atoms with Crippen LogP contribution in [0.25, 0.3) is 10.8 Å². The zero-order valence-corrected chi connectivity index (χ0v) is 20.2. The van der Waals surface area contributed by atoms with E-state index in [0.717, 1.165) is 9.69 Å². The van der Waals surface area contributed by atoms with Gasteiger partial charge in [0.05, 0.1) is 11.4 Å². The summed E-state index contributed by atoms with van der Waals surface area (Å²) < 4.78 is 27.9. The third-order valence-electron chi connectivity index (χ3n) is 5.53. The van der Waals surface area contributed by atoms with Crippen molar-refractivity contribution >= 4 is 50.1 Å². The monoisotopic (exact) mass is 494 g/mol. The van der Waals surface area contributed by atoms with E-state index in [1.165, 1.54) is 17.0 Å². The van der Waals surface area contributed by atoms with E-state index in [1.54, 1.807) is 45.0 Å². The second-order valence-corrected chi connectivity index (χ2v) is 10.7. The molecule has 0 radical (unpaired) electrons. The first-order valence-electron chi connectivity index (χ1n) is 10.5. The minimum atomic E-state index is -4.25. The predicted octanol–water partition coefficient (Wildman–Crippen LogP) is 1.48. The molecule has 0 spiro atoms. The van der Waals surface area contributed by atoms with Gasteiger partial charge in [0.2, 0.25) is 27.7 Å². The van der Waals surface area contributed by atoms with Gasteiger partial charge >= 0.3 is 0 Å². The summed E-state index contributed by atoms with van der Waals surface area (Å²) in [5, 5.41) is 4.64. The van der Waals surface area contributed by atoms with Gasteiger partial charge in [-0.05, 0) is 62.2 Å². The topological polar surface area (TPSA) is 130 Å². The molecule has 3 rings (SSSR count).